The average Bonchev–Trinajstić information content (AvgIpc) is 2.39. The third-order valence-electron chi connectivity index (χ3n) is 2.78. The lowest BCUT2D eigenvalue weighted by molar-refractivity contribution is -0.132. The molecule has 0 saturated carbocycles. The summed E-state index contributed by atoms with van der Waals surface area (Å²) in [6, 6.07) is 15.3. The van der Waals surface area contributed by atoms with Crippen LogP contribution in [0.4, 0.5) is 0 Å². The van der Waals surface area contributed by atoms with Gasteiger partial charge in [0.15, 0.2) is 0 Å². The normalized spacial score (nSPS) is 11.4. The van der Waals surface area contributed by atoms with Crippen LogP contribution >= 0.6 is 11.6 Å². The topological polar surface area (TPSA) is 37.3 Å². The summed E-state index contributed by atoms with van der Waals surface area (Å²) in [5, 5.41) is 9.57. The molecule has 0 aliphatic heterocycles. The van der Waals surface area contributed by atoms with Gasteiger partial charge in [0.25, 0.3) is 0 Å². The smallest absolute Gasteiger partial charge is 0.331 e. The molecule has 1 N–H and O–H groups in total. The van der Waals surface area contributed by atoms with Gasteiger partial charge in [-0.15, -0.1) is 0 Å². The van der Waals surface area contributed by atoms with Crippen LogP contribution in [0, 0.1) is 0 Å². The Morgan fingerprint density at radius 2 is 1.79 bits per heavy atom. The van der Waals surface area contributed by atoms with E-state index < -0.39 is 5.97 Å². The van der Waals surface area contributed by atoms with E-state index >= 15 is 0 Å². The van der Waals surface area contributed by atoms with Crippen LogP contribution in [-0.2, 0) is 4.79 Å². The zero-order valence-corrected chi connectivity index (χ0v) is 11.2. The Labute approximate surface area is 117 Å². The molecular weight excluding hydrogens is 260 g/mol. The summed E-state index contributed by atoms with van der Waals surface area (Å²) in [6.07, 6.45) is 1.65. The van der Waals surface area contributed by atoms with E-state index in [1.807, 2.05) is 48.5 Å². The second kappa shape index (κ2) is 5.72. The molecule has 0 heterocycles. The first-order chi connectivity index (χ1) is 9.06. The number of rotatable bonds is 3. The van der Waals surface area contributed by atoms with Crippen LogP contribution < -0.4 is 0 Å². The SMILES string of the molecule is C/C(=C\c1cccc(-c2ccc(Cl)cc2)c1)C(=O)O. The quantitative estimate of drug-likeness (QED) is 0.836. The molecule has 0 aliphatic rings. The first kappa shape index (κ1) is 13.4. The number of aliphatic carboxylic acids is 1. The van der Waals surface area contributed by atoms with Crippen molar-refractivity contribution in [2.75, 3.05) is 0 Å². The summed E-state index contributed by atoms with van der Waals surface area (Å²) in [5.74, 6) is -0.906. The molecule has 0 aliphatic carbocycles. The van der Waals surface area contributed by atoms with Crippen molar-refractivity contribution in [2.45, 2.75) is 6.92 Å². The van der Waals surface area contributed by atoms with Gasteiger partial charge in [-0.05, 0) is 47.9 Å². The van der Waals surface area contributed by atoms with E-state index in [2.05, 4.69) is 0 Å². The highest BCUT2D eigenvalue weighted by molar-refractivity contribution is 6.30. The Balaban J connectivity index is 2.37. The summed E-state index contributed by atoms with van der Waals surface area (Å²) in [5.41, 5.74) is 3.26. The molecule has 3 heteroatoms. The van der Waals surface area contributed by atoms with Gasteiger partial charge >= 0.3 is 5.97 Å². The van der Waals surface area contributed by atoms with E-state index in [4.69, 9.17) is 16.7 Å². The maximum atomic E-state index is 10.8. The average molecular weight is 273 g/mol. The third-order valence-corrected chi connectivity index (χ3v) is 3.04. The summed E-state index contributed by atoms with van der Waals surface area (Å²) in [4.78, 5) is 10.8. The Kier molecular flexibility index (Phi) is 4.03. The van der Waals surface area contributed by atoms with Gasteiger partial charge in [0.2, 0.25) is 0 Å². The molecule has 2 aromatic carbocycles. The largest absolute Gasteiger partial charge is 0.478 e. The fourth-order valence-corrected chi connectivity index (χ4v) is 1.89. The predicted octanol–water partition coefficient (Wildman–Crippen LogP) is 4.49. The number of benzene rings is 2. The minimum atomic E-state index is -0.906. The summed E-state index contributed by atoms with van der Waals surface area (Å²) in [6.45, 7) is 1.58. The number of carboxylic acid groups (broad SMARTS) is 1. The van der Waals surface area contributed by atoms with Crippen molar-refractivity contribution >= 4 is 23.6 Å². The summed E-state index contributed by atoms with van der Waals surface area (Å²) >= 11 is 5.86. The first-order valence-corrected chi connectivity index (χ1v) is 6.21. The highest BCUT2D eigenvalue weighted by atomic mass is 35.5. The molecule has 0 aromatic heterocycles. The molecule has 0 bridgehead atoms. The van der Waals surface area contributed by atoms with Crippen molar-refractivity contribution in [3.8, 4) is 11.1 Å². The maximum Gasteiger partial charge on any atom is 0.331 e. The third kappa shape index (κ3) is 3.46. The van der Waals surface area contributed by atoms with E-state index in [1.165, 1.54) is 0 Å². The highest BCUT2D eigenvalue weighted by Gasteiger charge is 2.02. The molecule has 0 spiro atoms. The van der Waals surface area contributed by atoms with Crippen molar-refractivity contribution in [1.29, 1.82) is 0 Å². The van der Waals surface area contributed by atoms with Crippen molar-refractivity contribution in [3.63, 3.8) is 0 Å². The molecule has 0 amide bonds. The Morgan fingerprint density at radius 1 is 1.11 bits per heavy atom. The second-order valence-corrected chi connectivity index (χ2v) is 4.70. The molecule has 19 heavy (non-hydrogen) atoms. The van der Waals surface area contributed by atoms with E-state index in [1.54, 1.807) is 13.0 Å². The fourth-order valence-electron chi connectivity index (χ4n) is 1.76. The molecule has 0 fully saturated rings. The summed E-state index contributed by atoms with van der Waals surface area (Å²) < 4.78 is 0. The van der Waals surface area contributed by atoms with E-state index in [0.29, 0.717) is 10.6 Å². The lowest BCUT2D eigenvalue weighted by atomic mass is 10.0. The van der Waals surface area contributed by atoms with Gasteiger partial charge in [-0.2, -0.15) is 0 Å². The zero-order valence-electron chi connectivity index (χ0n) is 10.4. The molecule has 96 valence electrons. The van der Waals surface area contributed by atoms with Crippen LogP contribution in [0.3, 0.4) is 0 Å². The number of carboxylic acids is 1. The molecule has 0 saturated heterocycles. The van der Waals surface area contributed by atoms with Gasteiger partial charge in [0, 0.05) is 10.6 Å². The fraction of sp³-hybridized carbons (Fsp3) is 0.0625. The summed E-state index contributed by atoms with van der Waals surface area (Å²) in [7, 11) is 0. The van der Waals surface area contributed by atoms with Crippen molar-refractivity contribution < 1.29 is 9.90 Å². The van der Waals surface area contributed by atoms with Gasteiger partial charge in [-0.25, -0.2) is 4.79 Å². The molecule has 2 rings (SSSR count). The lowest BCUT2D eigenvalue weighted by Crippen LogP contribution is -1.95. The Hall–Kier alpha value is -2.06. The van der Waals surface area contributed by atoms with E-state index in [-0.39, 0.29) is 0 Å². The zero-order chi connectivity index (χ0) is 13.8. The number of hydrogen-bond acceptors (Lipinski definition) is 1. The lowest BCUT2D eigenvalue weighted by Gasteiger charge is -2.04. The highest BCUT2D eigenvalue weighted by Crippen LogP contribution is 2.23. The molecule has 0 atom stereocenters. The Bertz CT molecular complexity index is 627. The standard InChI is InChI=1S/C16H13ClO2/c1-11(16(18)19)9-12-3-2-4-14(10-12)13-5-7-15(17)8-6-13/h2-10H,1H3,(H,18,19)/b11-9+. The van der Waals surface area contributed by atoms with Crippen LogP contribution in [-0.4, -0.2) is 11.1 Å². The van der Waals surface area contributed by atoms with E-state index in [0.717, 1.165) is 16.7 Å². The first-order valence-electron chi connectivity index (χ1n) is 5.84. The Morgan fingerprint density at radius 3 is 2.42 bits per heavy atom. The van der Waals surface area contributed by atoms with Crippen LogP contribution in [0.5, 0.6) is 0 Å². The van der Waals surface area contributed by atoms with Crippen LogP contribution in [0.2, 0.25) is 5.02 Å². The van der Waals surface area contributed by atoms with Crippen molar-refractivity contribution in [3.05, 3.63) is 64.7 Å². The molecule has 0 radical (unpaired) electrons. The maximum absolute atomic E-state index is 10.8. The number of halogens is 1. The molecule has 0 unspecified atom stereocenters. The predicted molar refractivity (Wildman–Crippen MR) is 78.2 cm³/mol. The monoisotopic (exact) mass is 272 g/mol. The van der Waals surface area contributed by atoms with E-state index in [9.17, 15) is 4.79 Å². The van der Waals surface area contributed by atoms with Gasteiger partial charge in [-0.3, -0.25) is 0 Å². The van der Waals surface area contributed by atoms with Gasteiger partial charge in [0.1, 0.15) is 0 Å². The van der Waals surface area contributed by atoms with Crippen LogP contribution in [0.25, 0.3) is 17.2 Å². The van der Waals surface area contributed by atoms with Gasteiger partial charge < -0.3 is 5.11 Å². The van der Waals surface area contributed by atoms with Gasteiger partial charge in [-0.1, -0.05) is 41.9 Å². The van der Waals surface area contributed by atoms with Crippen molar-refractivity contribution in [1.82, 2.24) is 0 Å². The second-order valence-electron chi connectivity index (χ2n) is 4.26. The minimum absolute atomic E-state index is 0.313. The molecule has 2 aromatic rings. The van der Waals surface area contributed by atoms with Crippen LogP contribution in [0.15, 0.2) is 54.1 Å². The van der Waals surface area contributed by atoms with Gasteiger partial charge in [0.05, 0.1) is 0 Å². The minimum Gasteiger partial charge on any atom is -0.478 e. The molecule has 2 nitrogen and oxygen atoms in total. The molecular formula is C16H13ClO2. The van der Waals surface area contributed by atoms with Crippen molar-refractivity contribution in [2.24, 2.45) is 0 Å². The number of carbonyl (C=O) groups is 1. The van der Waals surface area contributed by atoms with Crippen LogP contribution in [0.1, 0.15) is 12.5 Å². The number of hydrogen-bond donors (Lipinski definition) is 1.